The van der Waals surface area contributed by atoms with Gasteiger partial charge in [-0.15, -0.1) is 0 Å². The number of piperidine rings is 1. The monoisotopic (exact) mass is 270 g/mol. The fraction of sp³-hybridized carbons (Fsp3) is 0.500. The van der Waals surface area contributed by atoms with Gasteiger partial charge in [0.15, 0.2) is 0 Å². The lowest BCUT2D eigenvalue weighted by Crippen LogP contribution is -2.35. The summed E-state index contributed by atoms with van der Waals surface area (Å²) in [5.41, 5.74) is 3.90. The van der Waals surface area contributed by atoms with Crippen molar-refractivity contribution in [1.82, 2.24) is 20.1 Å². The fourth-order valence-corrected chi connectivity index (χ4v) is 3.08. The molecule has 106 valence electrons. The van der Waals surface area contributed by atoms with Gasteiger partial charge in [-0.3, -0.25) is 15.0 Å². The van der Waals surface area contributed by atoms with Crippen molar-refractivity contribution in [1.29, 1.82) is 0 Å². The molecule has 1 aliphatic rings. The van der Waals surface area contributed by atoms with Crippen LogP contribution in [-0.2, 0) is 13.0 Å². The van der Waals surface area contributed by atoms with Gasteiger partial charge in [-0.1, -0.05) is 6.07 Å². The Kier molecular flexibility index (Phi) is 4.11. The summed E-state index contributed by atoms with van der Waals surface area (Å²) in [5, 5.41) is 7.27. The summed E-state index contributed by atoms with van der Waals surface area (Å²) in [7, 11) is 0. The van der Waals surface area contributed by atoms with Crippen molar-refractivity contribution >= 4 is 0 Å². The zero-order valence-corrected chi connectivity index (χ0v) is 12.0. The summed E-state index contributed by atoms with van der Waals surface area (Å²) in [4.78, 5) is 6.75. The van der Waals surface area contributed by atoms with E-state index in [1.165, 1.54) is 42.8 Å². The lowest BCUT2D eigenvalue weighted by Gasteiger charge is -2.32. The molecular formula is C16H22N4. The van der Waals surface area contributed by atoms with Crippen LogP contribution in [0.1, 0.15) is 29.7 Å². The van der Waals surface area contributed by atoms with Crippen molar-refractivity contribution in [2.24, 2.45) is 5.92 Å². The maximum Gasteiger partial charge on any atom is 0.0519 e. The molecule has 0 aromatic carbocycles. The maximum absolute atomic E-state index is 4.20. The lowest BCUT2D eigenvalue weighted by molar-refractivity contribution is 0.166. The van der Waals surface area contributed by atoms with Crippen LogP contribution in [0.3, 0.4) is 0 Å². The third kappa shape index (κ3) is 3.25. The number of hydrogen-bond donors (Lipinski definition) is 1. The SMILES string of the molecule is Cc1cn[nH]c1C[C@@H]1CCCN(Cc2cccnc2)C1. The van der Waals surface area contributed by atoms with E-state index in [1.807, 2.05) is 24.7 Å². The van der Waals surface area contributed by atoms with E-state index in [9.17, 15) is 0 Å². The smallest absolute Gasteiger partial charge is 0.0519 e. The minimum absolute atomic E-state index is 0.736. The summed E-state index contributed by atoms with van der Waals surface area (Å²) in [6.45, 7) is 5.53. The number of aromatic nitrogens is 3. The van der Waals surface area contributed by atoms with Crippen LogP contribution in [0.15, 0.2) is 30.7 Å². The second-order valence-electron chi connectivity index (χ2n) is 5.84. The molecule has 3 heterocycles. The van der Waals surface area contributed by atoms with Gasteiger partial charge in [0.1, 0.15) is 0 Å². The molecule has 3 rings (SSSR count). The Morgan fingerprint density at radius 3 is 3.10 bits per heavy atom. The minimum Gasteiger partial charge on any atom is -0.299 e. The predicted molar refractivity (Wildman–Crippen MR) is 79.3 cm³/mol. The summed E-state index contributed by atoms with van der Waals surface area (Å²) in [6, 6.07) is 4.18. The molecule has 4 heteroatoms. The topological polar surface area (TPSA) is 44.8 Å². The highest BCUT2D eigenvalue weighted by Gasteiger charge is 2.21. The molecule has 2 aromatic heterocycles. The molecule has 1 aliphatic heterocycles. The van der Waals surface area contributed by atoms with Gasteiger partial charge in [0.25, 0.3) is 0 Å². The number of pyridine rings is 1. The number of aromatic amines is 1. The molecule has 4 nitrogen and oxygen atoms in total. The zero-order valence-electron chi connectivity index (χ0n) is 12.0. The van der Waals surface area contributed by atoms with E-state index >= 15 is 0 Å². The van der Waals surface area contributed by atoms with E-state index in [-0.39, 0.29) is 0 Å². The van der Waals surface area contributed by atoms with Crippen LogP contribution >= 0.6 is 0 Å². The molecule has 1 N–H and O–H groups in total. The van der Waals surface area contributed by atoms with Gasteiger partial charge in [-0.05, 0) is 55.8 Å². The van der Waals surface area contributed by atoms with E-state index in [1.54, 1.807) is 0 Å². The molecule has 1 saturated heterocycles. The van der Waals surface area contributed by atoms with Crippen LogP contribution in [-0.4, -0.2) is 33.2 Å². The van der Waals surface area contributed by atoms with Gasteiger partial charge >= 0.3 is 0 Å². The van der Waals surface area contributed by atoms with Gasteiger partial charge in [0.2, 0.25) is 0 Å². The third-order valence-corrected chi connectivity index (χ3v) is 4.16. The maximum atomic E-state index is 4.20. The van der Waals surface area contributed by atoms with Crippen LogP contribution in [0.25, 0.3) is 0 Å². The molecule has 0 bridgehead atoms. The Labute approximate surface area is 120 Å². The normalized spacial score (nSPS) is 20.1. The molecule has 0 unspecified atom stereocenters. The highest BCUT2D eigenvalue weighted by atomic mass is 15.1. The average molecular weight is 270 g/mol. The van der Waals surface area contributed by atoms with Gasteiger partial charge in [0.05, 0.1) is 6.20 Å². The predicted octanol–water partition coefficient (Wildman–Crippen LogP) is 2.57. The Bertz CT molecular complexity index is 534. The highest BCUT2D eigenvalue weighted by Crippen LogP contribution is 2.22. The van der Waals surface area contributed by atoms with Crippen LogP contribution in [0.5, 0.6) is 0 Å². The number of nitrogens with one attached hydrogen (secondary N) is 1. The van der Waals surface area contributed by atoms with Gasteiger partial charge in [-0.2, -0.15) is 5.10 Å². The van der Waals surface area contributed by atoms with Crippen LogP contribution < -0.4 is 0 Å². The molecule has 1 atom stereocenters. The Morgan fingerprint density at radius 1 is 1.40 bits per heavy atom. The van der Waals surface area contributed by atoms with E-state index in [4.69, 9.17) is 0 Å². The molecular weight excluding hydrogens is 248 g/mol. The van der Waals surface area contributed by atoms with Crippen molar-refractivity contribution in [3.05, 3.63) is 47.5 Å². The standard InChI is InChI=1S/C16H22N4/c1-13-9-18-19-16(13)8-14-5-3-7-20(11-14)12-15-4-2-6-17-10-15/h2,4,6,9-10,14H,3,5,7-8,11-12H2,1H3,(H,18,19)/t14-/m0/s1. The number of likely N-dealkylation sites (tertiary alicyclic amines) is 1. The van der Waals surface area contributed by atoms with Crippen molar-refractivity contribution in [3.8, 4) is 0 Å². The first-order valence-electron chi connectivity index (χ1n) is 7.41. The van der Waals surface area contributed by atoms with Gasteiger partial charge in [0, 0.05) is 31.2 Å². The molecule has 0 radical (unpaired) electrons. The molecule has 0 spiro atoms. The van der Waals surface area contributed by atoms with Crippen molar-refractivity contribution in [3.63, 3.8) is 0 Å². The second kappa shape index (κ2) is 6.18. The van der Waals surface area contributed by atoms with E-state index < -0.39 is 0 Å². The van der Waals surface area contributed by atoms with E-state index in [2.05, 4.69) is 33.1 Å². The first kappa shape index (κ1) is 13.3. The van der Waals surface area contributed by atoms with Crippen molar-refractivity contribution < 1.29 is 0 Å². The Hall–Kier alpha value is -1.68. The highest BCUT2D eigenvalue weighted by molar-refractivity contribution is 5.14. The summed E-state index contributed by atoms with van der Waals surface area (Å²) in [6.07, 6.45) is 9.47. The largest absolute Gasteiger partial charge is 0.299 e. The first-order valence-corrected chi connectivity index (χ1v) is 7.41. The second-order valence-corrected chi connectivity index (χ2v) is 5.84. The quantitative estimate of drug-likeness (QED) is 0.928. The van der Waals surface area contributed by atoms with Gasteiger partial charge < -0.3 is 0 Å². The van der Waals surface area contributed by atoms with Crippen LogP contribution in [0.4, 0.5) is 0 Å². The molecule has 1 fully saturated rings. The van der Waals surface area contributed by atoms with E-state index in [0.717, 1.165) is 18.9 Å². The van der Waals surface area contributed by atoms with Crippen LogP contribution in [0.2, 0.25) is 0 Å². The molecule has 0 saturated carbocycles. The first-order chi connectivity index (χ1) is 9.81. The minimum atomic E-state index is 0.736. The molecule has 20 heavy (non-hydrogen) atoms. The lowest BCUT2D eigenvalue weighted by atomic mass is 9.92. The van der Waals surface area contributed by atoms with Crippen molar-refractivity contribution in [2.75, 3.05) is 13.1 Å². The zero-order chi connectivity index (χ0) is 13.8. The third-order valence-electron chi connectivity index (χ3n) is 4.16. The summed E-state index contributed by atoms with van der Waals surface area (Å²) in [5.74, 6) is 0.736. The molecule has 2 aromatic rings. The van der Waals surface area contributed by atoms with E-state index in [0.29, 0.717) is 0 Å². The molecule has 0 amide bonds. The number of hydrogen-bond acceptors (Lipinski definition) is 3. The summed E-state index contributed by atoms with van der Waals surface area (Å²) < 4.78 is 0. The number of nitrogens with zero attached hydrogens (tertiary/aromatic N) is 3. The Morgan fingerprint density at radius 2 is 2.35 bits per heavy atom. The van der Waals surface area contributed by atoms with Gasteiger partial charge in [-0.25, -0.2) is 0 Å². The fourth-order valence-electron chi connectivity index (χ4n) is 3.08. The molecule has 0 aliphatic carbocycles. The number of H-pyrrole nitrogens is 1. The number of rotatable bonds is 4. The Balaban J connectivity index is 1.58. The van der Waals surface area contributed by atoms with Crippen LogP contribution in [0, 0.1) is 12.8 Å². The average Bonchev–Trinajstić information content (AvgIpc) is 2.86. The number of aryl methyl sites for hydroxylation is 1. The van der Waals surface area contributed by atoms with Crippen molar-refractivity contribution in [2.45, 2.75) is 32.7 Å². The summed E-state index contributed by atoms with van der Waals surface area (Å²) >= 11 is 0.